The largest absolute Gasteiger partial charge is 0.336 e. The monoisotopic (exact) mass is 255 g/mol. The molecule has 1 atom stereocenters. The van der Waals surface area contributed by atoms with Crippen molar-refractivity contribution < 1.29 is 4.79 Å². The van der Waals surface area contributed by atoms with Crippen LogP contribution < -0.4 is 5.32 Å². The van der Waals surface area contributed by atoms with Gasteiger partial charge in [0.2, 0.25) is 0 Å². The van der Waals surface area contributed by atoms with Crippen molar-refractivity contribution in [3.05, 3.63) is 42.1 Å². The fourth-order valence-electron chi connectivity index (χ4n) is 2.58. The molecule has 2 aromatic rings. The van der Waals surface area contributed by atoms with E-state index in [1.54, 1.807) is 6.20 Å². The highest BCUT2D eigenvalue weighted by Crippen LogP contribution is 2.18. The second-order valence-electron chi connectivity index (χ2n) is 4.98. The zero-order valence-electron chi connectivity index (χ0n) is 11.0. The first-order valence-electron chi connectivity index (χ1n) is 6.62. The predicted molar refractivity (Wildman–Crippen MR) is 75.1 cm³/mol. The Bertz CT molecular complexity index is 606. The maximum atomic E-state index is 12.6. The number of hydrogen-bond acceptors (Lipinski definition) is 3. The van der Waals surface area contributed by atoms with Gasteiger partial charge in [0.1, 0.15) is 0 Å². The van der Waals surface area contributed by atoms with Crippen molar-refractivity contribution in [2.75, 3.05) is 19.6 Å². The number of benzene rings is 1. The van der Waals surface area contributed by atoms with Crippen LogP contribution in [0.4, 0.5) is 0 Å². The molecular formula is C15H17N3O. The Morgan fingerprint density at radius 3 is 3.11 bits per heavy atom. The average molecular weight is 255 g/mol. The summed E-state index contributed by atoms with van der Waals surface area (Å²) in [7, 11) is 0. The molecule has 1 aromatic carbocycles. The maximum absolute atomic E-state index is 12.6. The number of pyridine rings is 1. The van der Waals surface area contributed by atoms with Gasteiger partial charge in [-0.15, -0.1) is 0 Å². The van der Waals surface area contributed by atoms with E-state index < -0.39 is 0 Å². The van der Waals surface area contributed by atoms with Crippen molar-refractivity contribution in [3.8, 4) is 0 Å². The standard InChI is InChI=1S/C15H17N3O/c1-11-10-18(9-8-16-11)15(19)13-4-2-6-14-12(13)5-3-7-17-14/h2-7,11,16H,8-10H2,1H3/t11-/m1/s1. The second kappa shape index (κ2) is 4.97. The van der Waals surface area contributed by atoms with Gasteiger partial charge in [-0.05, 0) is 25.1 Å². The highest BCUT2D eigenvalue weighted by molar-refractivity contribution is 6.06. The number of hydrogen-bond donors (Lipinski definition) is 1. The van der Waals surface area contributed by atoms with Crippen molar-refractivity contribution >= 4 is 16.8 Å². The molecule has 0 radical (unpaired) electrons. The molecule has 1 aliphatic rings. The average Bonchev–Trinajstić information content (AvgIpc) is 2.46. The minimum absolute atomic E-state index is 0.104. The van der Waals surface area contributed by atoms with Gasteiger partial charge in [-0.1, -0.05) is 12.1 Å². The SMILES string of the molecule is C[C@@H]1CN(C(=O)c2cccc3ncccc23)CCN1. The Kier molecular flexibility index (Phi) is 3.17. The number of fused-ring (bicyclic) bond motifs is 1. The molecule has 4 heteroatoms. The van der Waals surface area contributed by atoms with Crippen molar-refractivity contribution in [1.29, 1.82) is 0 Å². The number of amides is 1. The van der Waals surface area contributed by atoms with Crippen LogP contribution in [0.25, 0.3) is 10.9 Å². The van der Waals surface area contributed by atoms with Crippen LogP contribution in [0, 0.1) is 0 Å². The van der Waals surface area contributed by atoms with Crippen LogP contribution in [-0.2, 0) is 0 Å². The van der Waals surface area contributed by atoms with Crippen molar-refractivity contribution in [1.82, 2.24) is 15.2 Å². The summed E-state index contributed by atoms with van der Waals surface area (Å²) in [6.07, 6.45) is 1.75. The first-order chi connectivity index (χ1) is 9.25. The van der Waals surface area contributed by atoms with E-state index in [0.29, 0.717) is 6.04 Å². The molecule has 2 heterocycles. The zero-order valence-corrected chi connectivity index (χ0v) is 11.0. The van der Waals surface area contributed by atoms with Gasteiger partial charge in [0.15, 0.2) is 0 Å². The van der Waals surface area contributed by atoms with Crippen LogP contribution in [0.15, 0.2) is 36.5 Å². The summed E-state index contributed by atoms with van der Waals surface area (Å²) >= 11 is 0. The van der Waals surface area contributed by atoms with Crippen LogP contribution in [-0.4, -0.2) is 41.5 Å². The molecule has 1 saturated heterocycles. The summed E-state index contributed by atoms with van der Waals surface area (Å²) in [4.78, 5) is 18.9. The third-order valence-electron chi connectivity index (χ3n) is 3.53. The lowest BCUT2D eigenvalue weighted by atomic mass is 10.1. The molecule has 0 bridgehead atoms. The predicted octanol–water partition coefficient (Wildman–Crippen LogP) is 1.67. The van der Waals surface area contributed by atoms with Gasteiger partial charge >= 0.3 is 0 Å². The normalized spacial score (nSPS) is 19.6. The van der Waals surface area contributed by atoms with Gasteiger partial charge < -0.3 is 10.2 Å². The minimum atomic E-state index is 0.104. The Balaban J connectivity index is 1.97. The highest BCUT2D eigenvalue weighted by atomic mass is 16.2. The number of carbonyl (C=O) groups is 1. The van der Waals surface area contributed by atoms with Crippen LogP contribution in [0.5, 0.6) is 0 Å². The fraction of sp³-hybridized carbons (Fsp3) is 0.333. The van der Waals surface area contributed by atoms with Crippen LogP contribution in [0.2, 0.25) is 0 Å². The van der Waals surface area contributed by atoms with E-state index in [1.807, 2.05) is 35.2 Å². The molecule has 1 aliphatic heterocycles. The first kappa shape index (κ1) is 12.1. The van der Waals surface area contributed by atoms with Crippen molar-refractivity contribution in [2.45, 2.75) is 13.0 Å². The molecular weight excluding hydrogens is 238 g/mol. The second-order valence-corrected chi connectivity index (χ2v) is 4.98. The molecule has 1 N–H and O–H groups in total. The maximum Gasteiger partial charge on any atom is 0.254 e. The molecule has 0 unspecified atom stereocenters. The van der Waals surface area contributed by atoms with Gasteiger partial charge in [-0.25, -0.2) is 0 Å². The lowest BCUT2D eigenvalue weighted by molar-refractivity contribution is 0.0711. The van der Waals surface area contributed by atoms with Crippen LogP contribution in [0.1, 0.15) is 17.3 Å². The summed E-state index contributed by atoms with van der Waals surface area (Å²) in [5.74, 6) is 0.104. The molecule has 4 nitrogen and oxygen atoms in total. The smallest absolute Gasteiger partial charge is 0.254 e. The number of piperazine rings is 1. The van der Waals surface area contributed by atoms with E-state index in [9.17, 15) is 4.79 Å². The third-order valence-corrected chi connectivity index (χ3v) is 3.53. The molecule has 1 fully saturated rings. The molecule has 1 aromatic heterocycles. The topological polar surface area (TPSA) is 45.2 Å². The molecule has 98 valence electrons. The fourth-order valence-corrected chi connectivity index (χ4v) is 2.58. The number of aromatic nitrogens is 1. The van der Waals surface area contributed by atoms with Crippen LogP contribution in [0.3, 0.4) is 0 Å². The molecule has 3 rings (SSSR count). The minimum Gasteiger partial charge on any atom is -0.336 e. The lowest BCUT2D eigenvalue weighted by Gasteiger charge is -2.32. The number of nitrogens with one attached hydrogen (secondary N) is 1. The lowest BCUT2D eigenvalue weighted by Crippen LogP contribution is -2.51. The van der Waals surface area contributed by atoms with Gasteiger partial charge in [0.05, 0.1) is 5.52 Å². The van der Waals surface area contributed by atoms with Crippen LogP contribution >= 0.6 is 0 Å². The number of rotatable bonds is 1. The molecule has 0 saturated carbocycles. The van der Waals surface area contributed by atoms with Gasteiger partial charge in [0.25, 0.3) is 5.91 Å². The van der Waals surface area contributed by atoms with Gasteiger partial charge in [0, 0.05) is 42.8 Å². The molecule has 0 aliphatic carbocycles. The summed E-state index contributed by atoms with van der Waals surface area (Å²) in [5.41, 5.74) is 1.62. The zero-order chi connectivity index (χ0) is 13.2. The van der Waals surface area contributed by atoms with Crippen molar-refractivity contribution in [3.63, 3.8) is 0 Å². The van der Waals surface area contributed by atoms with E-state index in [-0.39, 0.29) is 5.91 Å². The summed E-state index contributed by atoms with van der Waals surface area (Å²) in [6.45, 7) is 4.48. The van der Waals surface area contributed by atoms with E-state index in [1.165, 1.54) is 0 Å². The van der Waals surface area contributed by atoms with Crippen molar-refractivity contribution in [2.24, 2.45) is 0 Å². The van der Waals surface area contributed by atoms with Gasteiger partial charge in [-0.2, -0.15) is 0 Å². The number of carbonyl (C=O) groups excluding carboxylic acids is 1. The van der Waals surface area contributed by atoms with E-state index >= 15 is 0 Å². The summed E-state index contributed by atoms with van der Waals surface area (Å²) < 4.78 is 0. The Labute approximate surface area is 112 Å². The summed E-state index contributed by atoms with van der Waals surface area (Å²) in [5, 5.41) is 4.28. The quantitative estimate of drug-likeness (QED) is 0.843. The Hall–Kier alpha value is -1.94. The van der Waals surface area contributed by atoms with E-state index in [2.05, 4.69) is 17.2 Å². The Morgan fingerprint density at radius 2 is 2.26 bits per heavy atom. The number of nitrogens with zero attached hydrogens (tertiary/aromatic N) is 2. The van der Waals surface area contributed by atoms with Gasteiger partial charge in [-0.3, -0.25) is 9.78 Å². The Morgan fingerprint density at radius 1 is 1.37 bits per heavy atom. The van der Waals surface area contributed by atoms with E-state index in [0.717, 1.165) is 36.1 Å². The molecule has 19 heavy (non-hydrogen) atoms. The molecule has 0 spiro atoms. The third kappa shape index (κ3) is 2.31. The molecule has 1 amide bonds. The first-order valence-corrected chi connectivity index (χ1v) is 6.62. The highest BCUT2D eigenvalue weighted by Gasteiger charge is 2.22. The summed E-state index contributed by atoms with van der Waals surface area (Å²) in [6, 6.07) is 9.91. The van der Waals surface area contributed by atoms with E-state index in [4.69, 9.17) is 0 Å².